The van der Waals surface area contributed by atoms with Crippen LogP contribution in [0.25, 0.3) is 0 Å². The molecule has 25 heavy (non-hydrogen) atoms. The van der Waals surface area contributed by atoms with Crippen molar-refractivity contribution in [2.75, 3.05) is 46.4 Å². The lowest BCUT2D eigenvalue weighted by Gasteiger charge is -2.34. The number of amides is 1. The highest BCUT2D eigenvalue weighted by atomic mass is 19.4. The Balaban J connectivity index is 1.78. The van der Waals surface area contributed by atoms with Crippen LogP contribution in [0, 0.1) is 5.82 Å². The van der Waals surface area contributed by atoms with E-state index >= 15 is 0 Å². The number of rotatable bonds is 6. The van der Waals surface area contributed by atoms with Crippen molar-refractivity contribution in [1.29, 1.82) is 0 Å². The number of benzene rings is 1. The van der Waals surface area contributed by atoms with E-state index in [-0.39, 0.29) is 12.4 Å². The van der Waals surface area contributed by atoms with Gasteiger partial charge in [-0.25, -0.2) is 4.39 Å². The maximum atomic E-state index is 13.4. The summed E-state index contributed by atoms with van der Waals surface area (Å²) in [5.74, 6) is -0.372. The highest BCUT2D eigenvalue weighted by Gasteiger charge is 2.28. The Bertz CT molecular complexity index is 587. The van der Waals surface area contributed by atoms with Gasteiger partial charge in [-0.15, -0.1) is 0 Å². The number of methoxy groups -OCH3 is 1. The van der Waals surface area contributed by atoms with Crippen LogP contribution in [0.4, 0.5) is 17.6 Å². The molecule has 0 aromatic heterocycles. The molecule has 0 bridgehead atoms. The molecule has 1 amide bonds. The largest absolute Gasteiger partial charge is 0.496 e. The van der Waals surface area contributed by atoms with E-state index < -0.39 is 18.6 Å². The van der Waals surface area contributed by atoms with Crippen LogP contribution in [0.15, 0.2) is 18.2 Å². The molecule has 140 valence electrons. The third-order valence-corrected chi connectivity index (χ3v) is 3.95. The Hall–Kier alpha value is -1.87. The number of hydrogen-bond donors (Lipinski definition) is 1. The fourth-order valence-electron chi connectivity index (χ4n) is 2.67. The van der Waals surface area contributed by atoms with Gasteiger partial charge in [0, 0.05) is 38.3 Å². The number of ether oxygens (including phenoxy) is 1. The van der Waals surface area contributed by atoms with E-state index in [1.807, 2.05) is 5.32 Å². The molecule has 1 aromatic rings. The summed E-state index contributed by atoms with van der Waals surface area (Å²) >= 11 is 0. The van der Waals surface area contributed by atoms with Crippen LogP contribution in [0.1, 0.15) is 5.56 Å². The second kappa shape index (κ2) is 8.48. The molecule has 1 N–H and O–H groups in total. The quantitative estimate of drug-likeness (QED) is 0.781. The number of hydrogen-bond acceptors (Lipinski definition) is 4. The van der Waals surface area contributed by atoms with Gasteiger partial charge in [0.15, 0.2) is 0 Å². The molecule has 1 aliphatic heterocycles. The Morgan fingerprint density at radius 2 is 1.84 bits per heavy atom. The predicted molar refractivity (Wildman–Crippen MR) is 83.7 cm³/mol. The molecule has 0 radical (unpaired) electrons. The molecule has 5 nitrogen and oxygen atoms in total. The lowest BCUT2D eigenvalue weighted by molar-refractivity contribution is -0.139. The van der Waals surface area contributed by atoms with E-state index in [4.69, 9.17) is 4.74 Å². The average Bonchev–Trinajstić information content (AvgIpc) is 2.54. The zero-order valence-corrected chi connectivity index (χ0v) is 13.9. The van der Waals surface area contributed by atoms with Crippen LogP contribution in [0.3, 0.4) is 0 Å². The van der Waals surface area contributed by atoms with Crippen LogP contribution in [0.5, 0.6) is 5.75 Å². The summed E-state index contributed by atoms with van der Waals surface area (Å²) in [6, 6.07) is 4.33. The molecular weight excluding hydrogens is 342 g/mol. The highest BCUT2D eigenvalue weighted by molar-refractivity contribution is 5.78. The van der Waals surface area contributed by atoms with Gasteiger partial charge in [0.25, 0.3) is 0 Å². The van der Waals surface area contributed by atoms with Gasteiger partial charge >= 0.3 is 6.18 Å². The molecular formula is C16H21F4N3O2. The molecule has 0 unspecified atom stereocenters. The first-order valence-electron chi connectivity index (χ1n) is 7.87. The first-order chi connectivity index (χ1) is 11.8. The van der Waals surface area contributed by atoms with Crippen molar-refractivity contribution in [3.05, 3.63) is 29.6 Å². The normalized spacial score (nSPS) is 16.7. The number of alkyl halides is 3. The third kappa shape index (κ3) is 6.50. The third-order valence-electron chi connectivity index (χ3n) is 3.95. The van der Waals surface area contributed by atoms with Crippen molar-refractivity contribution in [2.45, 2.75) is 12.7 Å². The van der Waals surface area contributed by atoms with Crippen molar-refractivity contribution in [3.63, 3.8) is 0 Å². The Kier molecular flexibility index (Phi) is 6.60. The molecule has 0 saturated carbocycles. The topological polar surface area (TPSA) is 44.8 Å². The zero-order valence-electron chi connectivity index (χ0n) is 13.9. The van der Waals surface area contributed by atoms with Gasteiger partial charge in [-0.2, -0.15) is 13.2 Å². The van der Waals surface area contributed by atoms with Crippen molar-refractivity contribution >= 4 is 5.91 Å². The number of carbonyl (C=O) groups is 1. The van der Waals surface area contributed by atoms with Crippen LogP contribution >= 0.6 is 0 Å². The lowest BCUT2D eigenvalue weighted by Crippen LogP contribution is -2.49. The number of nitrogens with zero attached hydrogens (tertiary/aromatic N) is 2. The van der Waals surface area contributed by atoms with Gasteiger partial charge in [0.2, 0.25) is 5.91 Å². The molecule has 2 rings (SSSR count). The molecule has 1 heterocycles. The molecule has 1 aliphatic rings. The number of nitrogens with one attached hydrogen (secondary N) is 1. The summed E-state index contributed by atoms with van der Waals surface area (Å²) < 4.78 is 54.8. The van der Waals surface area contributed by atoms with E-state index in [0.717, 1.165) is 5.56 Å². The SMILES string of the molecule is COc1ccc(F)cc1CN1CCN(CC(=O)NCC(F)(F)F)CC1. The first kappa shape index (κ1) is 19.5. The molecule has 1 aromatic carbocycles. The van der Waals surface area contributed by atoms with Gasteiger partial charge < -0.3 is 10.1 Å². The van der Waals surface area contributed by atoms with Crippen LogP contribution < -0.4 is 10.1 Å². The van der Waals surface area contributed by atoms with E-state index in [1.165, 1.54) is 19.2 Å². The van der Waals surface area contributed by atoms with E-state index in [1.54, 1.807) is 11.0 Å². The smallest absolute Gasteiger partial charge is 0.405 e. The lowest BCUT2D eigenvalue weighted by atomic mass is 10.1. The maximum Gasteiger partial charge on any atom is 0.405 e. The minimum atomic E-state index is -4.40. The standard InChI is InChI=1S/C16H21F4N3O2/c1-25-14-3-2-13(17)8-12(14)9-22-4-6-23(7-5-22)10-15(24)21-11-16(18,19)20/h2-3,8H,4-7,9-11H2,1H3,(H,21,24). The Morgan fingerprint density at radius 1 is 1.20 bits per heavy atom. The first-order valence-corrected chi connectivity index (χ1v) is 7.87. The minimum absolute atomic E-state index is 0.0623. The summed E-state index contributed by atoms with van der Waals surface area (Å²) in [4.78, 5) is 15.4. The predicted octanol–water partition coefficient (Wildman–Crippen LogP) is 1.63. The summed E-state index contributed by atoms with van der Waals surface area (Å²) in [6.07, 6.45) is -4.40. The van der Waals surface area contributed by atoms with Gasteiger partial charge in [-0.05, 0) is 18.2 Å². The highest BCUT2D eigenvalue weighted by Crippen LogP contribution is 2.21. The fraction of sp³-hybridized carbons (Fsp3) is 0.562. The van der Waals surface area contributed by atoms with Gasteiger partial charge in [0.1, 0.15) is 18.1 Å². The average molecular weight is 363 g/mol. The second-order valence-electron chi connectivity index (χ2n) is 5.90. The van der Waals surface area contributed by atoms with E-state index in [9.17, 15) is 22.4 Å². The number of piperazine rings is 1. The Labute approximate surface area is 143 Å². The molecule has 1 saturated heterocycles. The zero-order chi connectivity index (χ0) is 18.4. The number of halogens is 4. The second-order valence-corrected chi connectivity index (χ2v) is 5.90. The molecule has 9 heteroatoms. The van der Waals surface area contributed by atoms with Crippen LogP contribution in [-0.4, -0.2) is 68.3 Å². The van der Waals surface area contributed by atoms with Crippen molar-refractivity contribution in [1.82, 2.24) is 15.1 Å². The fourth-order valence-corrected chi connectivity index (χ4v) is 2.67. The summed E-state index contributed by atoms with van der Waals surface area (Å²) in [6.45, 7) is 1.50. The van der Waals surface area contributed by atoms with Crippen LogP contribution in [-0.2, 0) is 11.3 Å². The van der Waals surface area contributed by atoms with Crippen LogP contribution in [0.2, 0.25) is 0 Å². The monoisotopic (exact) mass is 363 g/mol. The molecule has 0 spiro atoms. The summed E-state index contributed by atoms with van der Waals surface area (Å²) in [5.41, 5.74) is 0.735. The summed E-state index contributed by atoms with van der Waals surface area (Å²) in [7, 11) is 1.52. The van der Waals surface area contributed by atoms with Gasteiger partial charge in [0.05, 0.1) is 13.7 Å². The number of carbonyl (C=O) groups excluding carboxylic acids is 1. The van der Waals surface area contributed by atoms with Crippen molar-refractivity contribution in [2.24, 2.45) is 0 Å². The Morgan fingerprint density at radius 3 is 2.44 bits per heavy atom. The van der Waals surface area contributed by atoms with E-state index in [2.05, 4.69) is 4.90 Å². The van der Waals surface area contributed by atoms with Crippen molar-refractivity contribution < 1.29 is 27.1 Å². The van der Waals surface area contributed by atoms with Gasteiger partial charge in [-0.3, -0.25) is 14.6 Å². The minimum Gasteiger partial charge on any atom is -0.496 e. The maximum absolute atomic E-state index is 13.4. The molecule has 0 atom stereocenters. The van der Waals surface area contributed by atoms with Crippen molar-refractivity contribution in [3.8, 4) is 5.75 Å². The molecule has 0 aliphatic carbocycles. The summed E-state index contributed by atoms with van der Waals surface area (Å²) in [5, 5.41) is 1.86. The molecule has 1 fully saturated rings. The van der Waals surface area contributed by atoms with Gasteiger partial charge in [-0.1, -0.05) is 0 Å². The van der Waals surface area contributed by atoms with E-state index in [0.29, 0.717) is 38.5 Å².